The highest BCUT2D eigenvalue weighted by atomic mass is 32.2. The molecule has 1 amide bonds. The molecule has 1 heterocycles. The zero-order chi connectivity index (χ0) is 10.1. The van der Waals surface area contributed by atoms with Crippen LogP contribution in [0.1, 0.15) is 6.42 Å². The topological polar surface area (TPSA) is 78.2 Å². The molecular formula is C7H10N2O3S. The number of rotatable bonds is 1. The molecule has 0 bridgehead atoms. The van der Waals surface area contributed by atoms with Gasteiger partial charge >= 0.3 is 5.91 Å². The Hall–Kier alpha value is -1.09. The first-order valence-electron chi connectivity index (χ1n) is 3.83. The molecule has 0 N–H and O–H groups in total. The molecule has 1 unspecified atom stereocenters. The van der Waals surface area contributed by atoms with Crippen molar-refractivity contribution in [2.75, 3.05) is 18.6 Å². The fourth-order valence-electron chi connectivity index (χ4n) is 1.33. The largest absolute Gasteiger partial charge is 0.329 e. The van der Waals surface area contributed by atoms with Gasteiger partial charge in [-0.05, 0) is 6.42 Å². The highest BCUT2D eigenvalue weighted by molar-refractivity contribution is 7.91. The number of sulfone groups is 1. The SMILES string of the molecule is CN(C(=O)C#N)C1CCS(=O)(=O)C1. The maximum atomic E-state index is 11.0. The van der Waals surface area contributed by atoms with Crippen LogP contribution in [0.3, 0.4) is 0 Å². The molecule has 1 saturated heterocycles. The summed E-state index contributed by atoms with van der Waals surface area (Å²) in [5, 5.41) is 8.30. The predicted molar refractivity (Wildman–Crippen MR) is 45.4 cm³/mol. The van der Waals surface area contributed by atoms with E-state index in [1.807, 2.05) is 0 Å². The molecule has 1 aliphatic rings. The third-order valence-electron chi connectivity index (χ3n) is 2.17. The van der Waals surface area contributed by atoms with Gasteiger partial charge < -0.3 is 4.90 Å². The molecule has 0 spiro atoms. The van der Waals surface area contributed by atoms with Crippen molar-refractivity contribution in [1.82, 2.24) is 4.90 Å². The zero-order valence-electron chi connectivity index (χ0n) is 7.23. The molecular weight excluding hydrogens is 192 g/mol. The van der Waals surface area contributed by atoms with Crippen LogP contribution in [-0.2, 0) is 14.6 Å². The highest BCUT2D eigenvalue weighted by Crippen LogP contribution is 2.16. The van der Waals surface area contributed by atoms with Gasteiger partial charge in [-0.3, -0.25) is 4.79 Å². The molecule has 13 heavy (non-hydrogen) atoms. The number of hydrogen-bond donors (Lipinski definition) is 0. The van der Waals surface area contributed by atoms with Crippen LogP contribution in [0, 0.1) is 11.3 Å². The van der Waals surface area contributed by atoms with E-state index < -0.39 is 15.7 Å². The average Bonchev–Trinajstić information content (AvgIpc) is 2.43. The number of nitriles is 1. The van der Waals surface area contributed by atoms with Crippen molar-refractivity contribution in [3.05, 3.63) is 0 Å². The number of carbonyl (C=O) groups excluding carboxylic acids is 1. The van der Waals surface area contributed by atoms with Gasteiger partial charge in [-0.15, -0.1) is 0 Å². The Kier molecular flexibility index (Phi) is 2.57. The van der Waals surface area contributed by atoms with Crippen LogP contribution >= 0.6 is 0 Å². The highest BCUT2D eigenvalue weighted by Gasteiger charge is 2.32. The maximum absolute atomic E-state index is 11.0. The van der Waals surface area contributed by atoms with Gasteiger partial charge in [-0.25, -0.2) is 8.42 Å². The van der Waals surface area contributed by atoms with E-state index >= 15 is 0 Å². The summed E-state index contributed by atoms with van der Waals surface area (Å²) in [6.45, 7) is 0. The second-order valence-electron chi connectivity index (χ2n) is 3.08. The smallest absolute Gasteiger partial charge is 0.324 e. The van der Waals surface area contributed by atoms with E-state index in [1.165, 1.54) is 18.0 Å². The summed E-state index contributed by atoms with van der Waals surface area (Å²) in [5.41, 5.74) is 0. The fourth-order valence-corrected chi connectivity index (χ4v) is 3.10. The Morgan fingerprint density at radius 2 is 2.23 bits per heavy atom. The summed E-state index contributed by atoms with van der Waals surface area (Å²) < 4.78 is 22.1. The molecule has 1 aliphatic heterocycles. The van der Waals surface area contributed by atoms with Crippen molar-refractivity contribution in [2.24, 2.45) is 0 Å². The summed E-state index contributed by atoms with van der Waals surface area (Å²) in [6.07, 6.45) is 0.437. The first-order chi connectivity index (χ1) is 5.96. The molecule has 0 aromatic carbocycles. The van der Waals surface area contributed by atoms with Crippen LogP contribution < -0.4 is 0 Å². The summed E-state index contributed by atoms with van der Waals surface area (Å²) in [7, 11) is -1.53. The summed E-state index contributed by atoms with van der Waals surface area (Å²) in [5.74, 6) is -0.584. The van der Waals surface area contributed by atoms with Crippen LogP contribution in [0.4, 0.5) is 0 Å². The van der Waals surface area contributed by atoms with Gasteiger partial charge in [0.2, 0.25) is 0 Å². The number of hydrogen-bond acceptors (Lipinski definition) is 4. The molecule has 1 atom stereocenters. The lowest BCUT2D eigenvalue weighted by Gasteiger charge is -2.19. The van der Waals surface area contributed by atoms with Crippen LogP contribution in [-0.4, -0.2) is 43.8 Å². The molecule has 0 aromatic heterocycles. The minimum absolute atomic E-state index is 0.0169. The summed E-state index contributed by atoms with van der Waals surface area (Å²) in [4.78, 5) is 12.1. The average molecular weight is 202 g/mol. The van der Waals surface area contributed by atoms with Crippen LogP contribution in [0.15, 0.2) is 0 Å². The van der Waals surface area contributed by atoms with Crippen LogP contribution in [0.25, 0.3) is 0 Å². The predicted octanol–water partition coefficient (Wildman–Crippen LogP) is -0.845. The van der Waals surface area contributed by atoms with Crippen LogP contribution in [0.2, 0.25) is 0 Å². The third kappa shape index (κ3) is 2.18. The monoisotopic (exact) mass is 202 g/mol. The Morgan fingerprint density at radius 3 is 2.62 bits per heavy atom. The summed E-state index contributed by atoms with van der Waals surface area (Å²) in [6, 6.07) is 1.14. The lowest BCUT2D eigenvalue weighted by Crippen LogP contribution is -2.36. The summed E-state index contributed by atoms with van der Waals surface area (Å²) >= 11 is 0. The zero-order valence-corrected chi connectivity index (χ0v) is 8.04. The van der Waals surface area contributed by atoms with Gasteiger partial charge in [0.1, 0.15) is 0 Å². The maximum Gasteiger partial charge on any atom is 0.324 e. The van der Waals surface area contributed by atoms with Gasteiger partial charge in [0.25, 0.3) is 0 Å². The molecule has 6 heteroatoms. The molecule has 0 aliphatic carbocycles. The van der Waals surface area contributed by atoms with Crippen molar-refractivity contribution in [2.45, 2.75) is 12.5 Å². The first-order valence-corrected chi connectivity index (χ1v) is 5.66. The molecule has 0 aromatic rings. The number of carbonyl (C=O) groups is 1. The molecule has 0 saturated carbocycles. The first kappa shape index (κ1) is 9.99. The number of nitrogens with zero attached hydrogens (tertiary/aromatic N) is 2. The minimum Gasteiger partial charge on any atom is -0.329 e. The fraction of sp³-hybridized carbons (Fsp3) is 0.714. The van der Waals surface area contributed by atoms with Crippen molar-refractivity contribution in [3.8, 4) is 6.07 Å². The van der Waals surface area contributed by atoms with Crippen LogP contribution in [0.5, 0.6) is 0 Å². The minimum atomic E-state index is -2.99. The van der Waals surface area contributed by atoms with E-state index in [4.69, 9.17) is 5.26 Å². The van der Waals surface area contributed by atoms with Gasteiger partial charge in [0, 0.05) is 13.1 Å². The standard InChI is InChI=1S/C7H10N2O3S/c1-9(7(10)4-8)6-2-3-13(11,12)5-6/h6H,2-3,5H2,1H3. The Balaban J connectivity index is 2.68. The van der Waals surface area contributed by atoms with Gasteiger partial charge in [0.05, 0.1) is 11.5 Å². The second-order valence-corrected chi connectivity index (χ2v) is 5.31. The second kappa shape index (κ2) is 3.34. The normalized spacial score (nSPS) is 25.1. The molecule has 72 valence electrons. The quantitative estimate of drug-likeness (QED) is 0.519. The lowest BCUT2D eigenvalue weighted by atomic mass is 10.2. The van der Waals surface area contributed by atoms with Gasteiger partial charge in [0.15, 0.2) is 15.9 Å². The molecule has 0 radical (unpaired) electrons. The van der Waals surface area contributed by atoms with Gasteiger partial charge in [-0.2, -0.15) is 5.26 Å². The van der Waals surface area contributed by atoms with Crippen molar-refractivity contribution < 1.29 is 13.2 Å². The van der Waals surface area contributed by atoms with E-state index in [-0.39, 0.29) is 17.5 Å². The van der Waals surface area contributed by atoms with Crippen molar-refractivity contribution in [3.63, 3.8) is 0 Å². The van der Waals surface area contributed by atoms with Crippen molar-refractivity contribution >= 4 is 15.7 Å². The van der Waals surface area contributed by atoms with Gasteiger partial charge in [-0.1, -0.05) is 0 Å². The Bertz CT molecular complexity index is 354. The van der Waals surface area contributed by atoms with E-state index in [2.05, 4.69) is 0 Å². The Labute approximate surface area is 76.9 Å². The molecule has 1 rings (SSSR count). The van der Waals surface area contributed by atoms with E-state index in [0.717, 1.165) is 0 Å². The third-order valence-corrected chi connectivity index (χ3v) is 3.92. The molecule has 1 fully saturated rings. The van der Waals surface area contributed by atoms with E-state index in [0.29, 0.717) is 6.42 Å². The van der Waals surface area contributed by atoms with E-state index in [1.54, 1.807) is 0 Å². The van der Waals surface area contributed by atoms with E-state index in [9.17, 15) is 13.2 Å². The Morgan fingerprint density at radius 1 is 1.62 bits per heavy atom. The lowest BCUT2D eigenvalue weighted by molar-refractivity contribution is -0.125. The molecule has 5 nitrogen and oxygen atoms in total. The number of amides is 1. The van der Waals surface area contributed by atoms with Crippen molar-refractivity contribution in [1.29, 1.82) is 5.26 Å².